The Kier molecular flexibility index (Phi) is 4.62. The molecule has 1 amide bonds. The van der Waals surface area contributed by atoms with Crippen molar-refractivity contribution in [1.82, 2.24) is 14.4 Å². The number of halogens is 1. The highest BCUT2D eigenvalue weighted by Crippen LogP contribution is 2.34. The number of allylic oxidation sites excluding steroid dienone is 1. The topological polar surface area (TPSA) is 59.3 Å². The van der Waals surface area contributed by atoms with Crippen LogP contribution in [0.1, 0.15) is 61.5 Å². The minimum Gasteiger partial charge on any atom is -0.326 e. The lowest BCUT2D eigenvalue weighted by atomic mass is 9.87. The molecule has 0 unspecified atom stereocenters. The fourth-order valence-electron chi connectivity index (χ4n) is 4.49. The maximum atomic E-state index is 13.1. The molecule has 0 spiro atoms. The van der Waals surface area contributed by atoms with Crippen molar-refractivity contribution < 1.29 is 9.18 Å². The standard InChI is InChI=1S/C23H23FN4O/c24-17-7-9-18(10-8-17)26-22(29)12-16-6-11-19-23(16)28-14-20(27-21(28)13-25-19)15-4-2-1-3-5-15/h6-10,13-15H,1-5,11-12H2,(H,26,29). The Balaban J connectivity index is 1.39. The molecular weight excluding hydrogens is 367 g/mol. The molecule has 2 aliphatic rings. The molecule has 1 saturated carbocycles. The molecule has 2 aromatic heterocycles. The van der Waals surface area contributed by atoms with Gasteiger partial charge in [-0.05, 0) is 42.7 Å². The van der Waals surface area contributed by atoms with Gasteiger partial charge in [-0.15, -0.1) is 0 Å². The Hall–Kier alpha value is -3.02. The monoisotopic (exact) mass is 390 g/mol. The number of anilines is 1. The lowest BCUT2D eigenvalue weighted by Crippen LogP contribution is -2.12. The lowest BCUT2D eigenvalue weighted by Gasteiger charge is -2.19. The fraction of sp³-hybridized carbons (Fsp3) is 0.348. The predicted octanol–water partition coefficient (Wildman–Crippen LogP) is 4.88. The quantitative estimate of drug-likeness (QED) is 0.690. The smallest absolute Gasteiger partial charge is 0.228 e. The highest BCUT2D eigenvalue weighted by molar-refractivity contribution is 5.98. The number of hydrogen-bond donors (Lipinski definition) is 1. The summed E-state index contributed by atoms with van der Waals surface area (Å²) in [6.45, 7) is 0. The van der Waals surface area contributed by atoms with Crippen LogP contribution < -0.4 is 5.32 Å². The molecule has 5 nitrogen and oxygen atoms in total. The lowest BCUT2D eigenvalue weighted by molar-refractivity contribution is -0.115. The molecule has 1 N–H and O–H groups in total. The van der Waals surface area contributed by atoms with Crippen LogP contribution in [0, 0.1) is 5.82 Å². The van der Waals surface area contributed by atoms with Crippen molar-refractivity contribution in [1.29, 1.82) is 0 Å². The van der Waals surface area contributed by atoms with E-state index in [4.69, 9.17) is 4.98 Å². The molecule has 2 aliphatic carbocycles. The van der Waals surface area contributed by atoms with E-state index >= 15 is 0 Å². The first kappa shape index (κ1) is 18.0. The number of fused-ring (bicyclic) bond motifs is 3. The molecule has 1 aromatic carbocycles. The zero-order chi connectivity index (χ0) is 19.8. The van der Waals surface area contributed by atoms with Crippen molar-refractivity contribution in [2.24, 2.45) is 0 Å². The first-order chi connectivity index (χ1) is 14.2. The number of aromatic nitrogens is 3. The number of rotatable bonds is 4. The summed E-state index contributed by atoms with van der Waals surface area (Å²) in [6, 6.07) is 5.81. The Morgan fingerprint density at radius 1 is 1.17 bits per heavy atom. The van der Waals surface area contributed by atoms with Gasteiger partial charge >= 0.3 is 0 Å². The molecule has 6 heteroatoms. The van der Waals surface area contributed by atoms with Crippen molar-refractivity contribution >= 4 is 22.8 Å². The van der Waals surface area contributed by atoms with E-state index in [0.29, 0.717) is 11.6 Å². The minimum absolute atomic E-state index is 0.125. The summed E-state index contributed by atoms with van der Waals surface area (Å²) < 4.78 is 15.2. The predicted molar refractivity (Wildman–Crippen MR) is 110 cm³/mol. The first-order valence-electron chi connectivity index (χ1n) is 10.3. The number of imidazole rings is 1. The number of carbonyl (C=O) groups excluding carboxylic acids is 1. The average molecular weight is 390 g/mol. The second kappa shape index (κ2) is 7.43. The third-order valence-corrected chi connectivity index (χ3v) is 5.95. The number of hydrogen-bond acceptors (Lipinski definition) is 3. The summed E-state index contributed by atoms with van der Waals surface area (Å²) in [5.41, 5.74) is 5.51. The molecule has 3 aromatic rings. The summed E-state index contributed by atoms with van der Waals surface area (Å²) in [7, 11) is 0. The van der Waals surface area contributed by atoms with Gasteiger partial charge in [0.25, 0.3) is 0 Å². The van der Waals surface area contributed by atoms with Crippen molar-refractivity contribution in [3.05, 3.63) is 65.6 Å². The van der Waals surface area contributed by atoms with Gasteiger partial charge in [0.05, 0.1) is 29.7 Å². The maximum absolute atomic E-state index is 13.1. The molecule has 0 aliphatic heterocycles. The normalized spacial score (nSPS) is 16.7. The molecule has 2 heterocycles. The molecule has 0 radical (unpaired) electrons. The average Bonchev–Trinajstić information content (AvgIpc) is 3.34. The molecule has 29 heavy (non-hydrogen) atoms. The Labute approximate surface area is 168 Å². The van der Waals surface area contributed by atoms with Crippen LogP contribution in [-0.2, 0) is 11.2 Å². The number of nitrogens with zero attached hydrogens (tertiary/aromatic N) is 3. The number of nitrogens with one attached hydrogen (secondary N) is 1. The highest BCUT2D eigenvalue weighted by Gasteiger charge is 2.24. The molecule has 0 bridgehead atoms. The summed E-state index contributed by atoms with van der Waals surface area (Å²) in [6.07, 6.45) is 13.3. The van der Waals surface area contributed by atoms with Gasteiger partial charge in [0.1, 0.15) is 5.82 Å². The molecule has 0 saturated heterocycles. The zero-order valence-electron chi connectivity index (χ0n) is 16.2. The van der Waals surface area contributed by atoms with E-state index < -0.39 is 0 Å². The van der Waals surface area contributed by atoms with Gasteiger partial charge in [-0.25, -0.2) is 9.37 Å². The minimum atomic E-state index is -0.322. The van der Waals surface area contributed by atoms with Gasteiger partial charge in [-0.3, -0.25) is 14.2 Å². The Morgan fingerprint density at radius 3 is 2.76 bits per heavy atom. The maximum Gasteiger partial charge on any atom is 0.228 e. The molecule has 148 valence electrons. The van der Waals surface area contributed by atoms with Gasteiger partial charge in [0.2, 0.25) is 5.91 Å². The van der Waals surface area contributed by atoms with Crippen LogP contribution in [0.3, 0.4) is 0 Å². The van der Waals surface area contributed by atoms with E-state index in [1.807, 2.05) is 6.20 Å². The second-order valence-electron chi connectivity index (χ2n) is 7.95. The fourth-order valence-corrected chi connectivity index (χ4v) is 4.49. The summed E-state index contributed by atoms with van der Waals surface area (Å²) >= 11 is 0. The number of benzene rings is 1. The van der Waals surface area contributed by atoms with E-state index in [1.54, 1.807) is 12.1 Å². The van der Waals surface area contributed by atoms with Crippen LogP contribution in [0.15, 0.2) is 42.7 Å². The van der Waals surface area contributed by atoms with Crippen LogP contribution in [0.2, 0.25) is 0 Å². The van der Waals surface area contributed by atoms with E-state index in [9.17, 15) is 9.18 Å². The van der Waals surface area contributed by atoms with Gasteiger partial charge in [0.15, 0.2) is 5.65 Å². The molecule has 1 fully saturated rings. The SMILES string of the molecule is O=C(CC1=CCc2ncc3nc(C4CCCCC4)cn3c21)Nc1ccc(F)cc1. The van der Waals surface area contributed by atoms with Crippen molar-refractivity contribution in [2.75, 3.05) is 5.32 Å². The van der Waals surface area contributed by atoms with Crippen LogP contribution in [0.5, 0.6) is 0 Å². The number of carbonyl (C=O) groups is 1. The highest BCUT2D eigenvalue weighted by atomic mass is 19.1. The largest absolute Gasteiger partial charge is 0.326 e. The molecular formula is C23H23FN4O. The molecule has 5 rings (SSSR count). The third-order valence-electron chi connectivity index (χ3n) is 5.95. The molecule has 0 atom stereocenters. The first-order valence-corrected chi connectivity index (χ1v) is 10.3. The summed E-state index contributed by atoms with van der Waals surface area (Å²) in [4.78, 5) is 22.0. The van der Waals surface area contributed by atoms with E-state index in [-0.39, 0.29) is 18.1 Å². The van der Waals surface area contributed by atoms with E-state index in [1.165, 1.54) is 44.2 Å². The summed E-state index contributed by atoms with van der Waals surface area (Å²) in [5.74, 6) is 0.0769. The zero-order valence-corrected chi connectivity index (χ0v) is 16.2. The number of amides is 1. The van der Waals surface area contributed by atoms with Gasteiger partial charge < -0.3 is 5.32 Å². The summed E-state index contributed by atoms with van der Waals surface area (Å²) in [5, 5.41) is 2.84. The van der Waals surface area contributed by atoms with Crippen LogP contribution in [0.4, 0.5) is 10.1 Å². The van der Waals surface area contributed by atoms with Crippen molar-refractivity contribution in [3.8, 4) is 0 Å². The van der Waals surface area contributed by atoms with E-state index in [0.717, 1.165) is 34.7 Å². The van der Waals surface area contributed by atoms with Gasteiger partial charge in [0, 0.05) is 24.2 Å². The van der Waals surface area contributed by atoms with Gasteiger partial charge in [-0.1, -0.05) is 25.3 Å². The van der Waals surface area contributed by atoms with Crippen LogP contribution in [0.25, 0.3) is 11.2 Å². The third kappa shape index (κ3) is 3.55. The van der Waals surface area contributed by atoms with Crippen molar-refractivity contribution in [2.45, 2.75) is 50.9 Å². The van der Waals surface area contributed by atoms with Gasteiger partial charge in [-0.2, -0.15) is 0 Å². The van der Waals surface area contributed by atoms with Crippen LogP contribution >= 0.6 is 0 Å². The van der Waals surface area contributed by atoms with Crippen molar-refractivity contribution in [3.63, 3.8) is 0 Å². The Bertz CT molecular complexity index is 1090. The second-order valence-corrected chi connectivity index (χ2v) is 7.95. The van der Waals surface area contributed by atoms with E-state index in [2.05, 4.69) is 27.0 Å². The Morgan fingerprint density at radius 2 is 1.97 bits per heavy atom. The van der Waals surface area contributed by atoms with Crippen LogP contribution in [-0.4, -0.2) is 20.3 Å².